The maximum atomic E-state index is 12.2. The molecule has 1 amide bonds. The Morgan fingerprint density at radius 1 is 1.35 bits per heavy atom. The Morgan fingerprint density at radius 2 is 2.10 bits per heavy atom. The molecule has 0 atom stereocenters. The molecular formula is C13H16N4OS2. The van der Waals surface area contributed by atoms with Crippen molar-refractivity contribution in [3.63, 3.8) is 0 Å². The van der Waals surface area contributed by atoms with Gasteiger partial charge in [-0.05, 0) is 31.5 Å². The molecule has 0 N–H and O–H groups in total. The predicted molar refractivity (Wildman–Crippen MR) is 80.7 cm³/mol. The highest BCUT2D eigenvalue weighted by Crippen LogP contribution is 2.22. The third-order valence-electron chi connectivity index (χ3n) is 2.68. The lowest BCUT2D eigenvalue weighted by Crippen LogP contribution is -2.31. The molecule has 0 aliphatic rings. The average Bonchev–Trinajstić information content (AvgIpc) is 2.89. The van der Waals surface area contributed by atoms with E-state index < -0.39 is 0 Å². The van der Waals surface area contributed by atoms with Gasteiger partial charge in [-0.3, -0.25) is 9.78 Å². The van der Waals surface area contributed by atoms with E-state index in [-0.39, 0.29) is 5.91 Å². The summed E-state index contributed by atoms with van der Waals surface area (Å²) >= 11 is 2.96. The lowest BCUT2D eigenvalue weighted by Gasteiger charge is -2.20. The van der Waals surface area contributed by atoms with Crippen molar-refractivity contribution in [3.8, 4) is 0 Å². The van der Waals surface area contributed by atoms with E-state index in [0.717, 1.165) is 14.9 Å². The number of thioether (sulfide) groups is 1. The number of pyridine rings is 1. The Hall–Kier alpha value is -1.47. The highest BCUT2D eigenvalue weighted by Gasteiger charge is 2.13. The predicted octanol–water partition coefficient (Wildman–Crippen LogP) is 2.38. The van der Waals surface area contributed by atoms with Crippen molar-refractivity contribution in [1.82, 2.24) is 20.1 Å². The van der Waals surface area contributed by atoms with Crippen molar-refractivity contribution in [1.29, 1.82) is 0 Å². The molecule has 0 bridgehead atoms. The first-order chi connectivity index (χ1) is 9.69. The summed E-state index contributed by atoms with van der Waals surface area (Å²) < 4.78 is 0.843. The van der Waals surface area contributed by atoms with Gasteiger partial charge in [0.15, 0.2) is 4.34 Å². The Labute approximate surface area is 126 Å². The van der Waals surface area contributed by atoms with Crippen molar-refractivity contribution in [2.24, 2.45) is 0 Å². The second kappa shape index (κ2) is 7.35. The minimum absolute atomic E-state index is 0.113. The van der Waals surface area contributed by atoms with E-state index in [4.69, 9.17) is 0 Å². The van der Waals surface area contributed by atoms with E-state index >= 15 is 0 Å². The molecule has 0 fully saturated rings. The molecular weight excluding hydrogens is 292 g/mol. The van der Waals surface area contributed by atoms with Crippen molar-refractivity contribution >= 4 is 29.0 Å². The summed E-state index contributed by atoms with van der Waals surface area (Å²) in [5, 5.41) is 8.87. The van der Waals surface area contributed by atoms with E-state index in [1.54, 1.807) is 12.4 Å². The van der Waals surface area contributed by atoms with E-state index in [9.17, 15) is 4.79 Å². The van der Waals surface area contributed by atoms with Crippen LogP contribution in [0, 0.1) is 6.92 Å². The van der Waals surface area contributed by atoms with Gasteiger partial charge in [0.05, 0.1) is 5.75 Å². The van der Waals surface area contributed by atoms with Gasteiger partial charge in [0, 0.05) is 25.5 Å². The second-order valence-corrected chi connectivity index (χ2v) is 6.54. The lowest BCUT2D eigenvalue weighted by molar-refractivity contribution is -0.128. The van der Waals surface area contributed by atoms with Gasteiger partial charge in [-0.15, -0.1) is 10.2 Å². The van der Waals surface area contributed by atoms with Crippen molar-refractivity contribution in [3.05, 3.63) is 35.1 Å². The monoisotopic (exact) mass is 308 g/mol. The molecule has 106 valence electrons. The topological polar surface area (TPSA) is 59.0 Å². The molecule has 0 radical (unpaired) electrons. The molecule has 2 aromatic heterocycles. The van der Waals surface area contributed by atoms with Gasteiger partial charge in [-0.25, -0.2) is 0 Å². The van der Waals surface area contributed by atoms with Crippen LogP contribution in [0.3, 0.4) is 0 Å². The number of carbonyl (C=O) groups is 1. The molecule has 5 nitrogen and oxygen atoms in total. The normalized spacial score (nSPS) is 10.5. The van der Waals surface area contributed by atoms with Crippen LogP contribution < -0.4 is 0 Å². The Morgan fingerprint density at radius 3 is 2.70 bits per heavy atom. The van der Waals surface area contributed by atoms with Gasteiger partial charge < -0.3 is 4.90 Å². The standard InChI is InChI=1S/C13H16N4OS2/c1-3-17(8-11-4-6-14-7-5-11)12(18)9-19-13-16-15-10(2)20-13/h4-7H,3,8-9H2,1-2H3. The van der Waals surface area contributed by atoms with Gasteiger partial charge in [0.25, 0.3) is 0 Å². The summed E-state index contributed by atoms with van der Waals surface area (Å²) in [6.45, 7) is 5.20. The largest absolute Gasteiger partial charge is 0.338 e. The van der Waals surface area contributed by atoms with Gasteiger partial charge in [0.2, 0.25) is 5.91 Å². The third kappa shape index (κ3) is 4.28. The van der Waals surface area contributed by atoms with E-state index in [2.05, 4.69) is 15.2 Å². The van der Waals surface area contributed by atoms with Crippen molar-refractivity contribution < 1.29 is 4.79 Å². The first-order valence-electron chi connectivity index (χ1n) is 6.28. The average molecular weight is 308 g/mol. The summed E-state index contributed by atoms with van der Waals surface area (Å²) in [5.41, 5.74) is 1.09. The number of aryl methyl sites for hydroxylation is 1. The zero-order valence-corrected chi connectivity index (χ0v) is 13.1. The SMILES string of the molecule is CCN(Cc1ccncc1)C(=O)CSc1nnc(C)s1. The van der Waals surface area contributed by atoms with Crippen LogP contribution in [0.1, 0.15) is 17.5 Å². The van der Waals surface area contributed by atoms with Crippen LogP contribution in [-0.4, -0.2) is 38.3 Å². The quantitative estimate of drug-likeness (QED) is 0.767. The molecule has 20 heavy (non-hydrogen) atoms. The number of amides is 1. The Balaban J connectivity index is 1.89. The van der Waals surface area contributed by atoms with E-state index in [0.29, 0.717) is 18.8 Å². The molecule has 7 heteroatoms. The molecule has 2 rings (SSSR count). The molecule has 0 aliphatic heterocycles. The minimum Gasteiger partial charge on any atom is -0.338 e. The van der Waals surface area contributed by atoms with Crippen LogP contribution in [0.15, 0.2) is 28.9 Å². The smallest absolute Gasteiger partial charge is 0.233 e. The van der Waals surface area contributed by atoms with Crippen LogP contribution in [-0.2, 0) is 11.3 Å². The molecule has 2 aromatic rings. The summed E-state index contributed by atoms with van der Waals surface area (Å²) in [7, 11) is 0. The molecule has 2 heterocycles. The van der Waals surface area contributed by atoms with Crippen LogP contribution >= 0.6 is 23.1 Å². The number of hydrogen-bond acceptors (Lipinski definition) is 6. The third-order valence-corrected chi connectivity index (χ3v) is 4.64. The van der Waals surface area contributed by atoms with Crippen LogP contribution in [0.2, 0.25) is 0 Å². The minimum atomic E-state index is 0.113. The number of hydrogen-bond donors (Lipinski definition) is 0. The van der Waals surface area contributed by atoms with Gasteiger partial charge in [0.1, 0.15) is 5.01 Å². The molecule has 0 spiro atoms. The first-order valence-corrected chi connectivity index (χ1v) is 8.09. The van der Waals surface area contributed by atoms with E-state index in [1.807, 2.05) is 30.9 Å². The number of carbonyl (C=O) groups excluding carboxylic acids is 1. The van der Waals surface area contributed by atoms with Crippen LogP contribution in [0.5, 0.6) is 0 Å². The lowest BCUT2D eigenvalue weighted by atomic mass is 10.2. The molecule has 0 saturated heterocycles. The molecule has 0 aromatic carbocycles. The summed E-state index contributed by atoms with van der Waals surface area (Å²) in [6.07, 6.45) is 3.48. The molecule has 0 aliphatic carbocycles. The van der Waals surface area contributed by atoms with Crippen molar-refractivity contribution in [2.45, 2.75) is 24.7 Å². The second-order valence-electron chi connectivity index (χ2n) is 4.14. The zero-order chi connectivity index (χ0) is 14.4. The zero-order valence-electron chi connectivity index (χ0n) is 11.4. The number of aromatic nitrogens is 3. The van der Waals surface area contributed by atoms with Gasteiger partial charge >= 0.3 is 0 Å². The fraction of sp³-hybridized carbons (Fsp3) is 0.385. The first kappa shape index (κ1) is 14.9. The van der Waals surface area contributed by atoms with Crippen LogP contribution in [0.4, 0.5) is 0 Å². The Bertz CT molecular complexity index is 559. The van der Waals surface area contributed by atoms with Gasteiger partial charge in [-0.2, -0.15) is 0 Å². The summed E-state index contributed by atoms with van der Waals surface area (Å²) in [4.78, 5) is 18.0. The number of nitrogens with zero attached hydrogens (tertiary/aromatic N) is 4. The summed E-state index contributed by atoms with van der Waals surface area (Å²) in [5.74, 6) is 0.510. The van der Waals surface area contributed by atoms with E-state index in [1.165, 1.54) is 23.1 Å². The maximum absolute atomic E-state index is 12.2. The molecule has 0 unspecified atom stereocenters. The highest BCUT2D eigenvalue weighted by atomic mass is 32.2. The van der Waals surface area contributed by atoms with Crippen LogP contribution in [0.25, 0.3) is 0 Å². The summed E-state index contributed by atoms with van der Waals surface area (Å²) in [6, 6.07) is 3.86. The Kier molecular flexibility index (Phi) is 5.49. The highest BCUT2D eigenvalue weighted by molar-refractivity contribution is 8.01. The van der Waals surface area contributed by atoms with Gasteiger partial charge in [-0.1, -0.05) is 23.1 Å². The molecule has 0 saturated carbocycles. The number of rotatable bonds is 6. The fourth-order valence-corrected chi connectivity index (χ4v) is 3.35. The van der Waals surface area contributed by atoms with Crippen molar-refractivity contribution in [2.75, 3.05) is 12.3 Å². The fourth-order valence-electron chi connectivity index (χ4n) is 1.64. The maximum Gasteiger partial charge on any atom is 0.233 e.